The van der Waals surface area contributed by atoms with Gasteiger partial charge in [0.1, 0.15) is 42.7 Å². The van der Waals surface area contributed by atoms with Crippen LogP contribution in [-0.2, 0) is 27.9 Å². The van der Waals surface area contributed by atoms with Crippen LogP contribution in [0.2, 0.25) is 0 Å². The number of aliphatic hydroxyl groups is 5. The van der Waals surface area contributed by atoms with E-state index in [0.29, 0.717) is 13.0 Å². The summed E-state index contributed by atoms with van der Waals surface area (Å²) in [5.74, 6) is -0.469. The molecule has 422 valence electrons. The molecule has 0 amide bonds. The molecule has 6 atom stereocenters. The molecule has 0 radical (unpaired) electrons. The van der Waals surface area contributed by atoms with Crippen LogP contribution in [0.25, 0.3) is 0 Å². The van der Waals surface area contributed by atoms with Crippen molar-refractivity contribution in [2.75, 3.05) is 19.8 Å². The lowest BCUT2D eigenvalue weighted by Crippen LogP contribution is -2.64. The molecule has 0 spiro atoms. The van der Waals surface area contributed by atoms with Crippen molar-refractivity contribution in [3.05, 3.63) is 12.2 Å². The second-order valence-electron chi connectivity index (χ2n) is 21.2. The van der Waals surface area contributed by atoms with Crippen LogP contribution < -0.4 is 0 Å². The normalized spacial score (nSPS) is 20.7. The number of aliphatic hydroxyl groups excluding tert-OH is 5. The maximum Gasteiger partial charge on any atom is 0.472 e. The predicted octanol–water partition coefficient (Wildman–Crippen LogP) is 14.6. The summed E-state index contributed by atoms with van der Waals surface area (Å²) in [4.78, 5) is 23.3. The van der Waals surface area contributed by atoms with Gasteiger partial charge in [-0.2, -0.15) is 0 Å². The molecule has 0 aromatic heterocycles. The lowest BCUT2D eigenvalue weighted by Gasteiger charge is -2.41. The van der Waals surface area contributed by atoms with E-state index in [4.69, 9.17) is 18.5 Å². The number of allylic oxidation sites excluding steroid dienone is 2. The van der Waals surface area contributed by atoms with Crippen LogP contribution in [0.3, 0.4) is 0 Å². The van der Waals surface area contributed by atoms with Gasteiger partial charge in [-0.15, -0.1) is 0 Å². The van der Waals surface area contributed by atoms with E-state index in [0.717, 1.165) is 38.5 Å². The SMILES string of the molecule is CCCCCCCCCC/C=C\CCCCCCCCCCCCOCC(COP(=O)(O)OC1C(O)C(O)C(O)C(O)C1O)OC(=O)CCCCCCCCCCCCCCCCCCCCCCCC. The number of hydrogen-bond donors (Lipinski definition) is 6. The van der Waals surface area contributed by atoms with Gasteiger partial charge in [-0.3, -0.25) is 13.8 Å². The highest BCUT2D eigenvalue weighted by atomic mass is 31.2. The first kappa shape index (κ1) is 68.1. The first-order valence-corrected chi connectivity index (χ1v) is 31.5. The summed E-state index contributed by atoms with van der Waals surface area (Å²) in [7, 11) is -5.02. The number of phosphoric ester groups is 1. The molecule has 0 saturated heterocycles. The third kappa shape index (κ3) is 40.1. The molecule has 0 heterocycles. The molecule has 1 saturated carbocycles. The summed E-state index contributed by atoms with van der Waals surface area (Å²) in [5.41, 5.74) is 0. The second-order valence-corrected chi connectivity index (χ2v) is 22.6. The van der Waals surface area contributed by atoms with Gasteiger partial charge < -0.3 is 39.9 Å². The maximum atomic E-state index is 12.9. The summed E-state index contributed by atoms with van der Waals surface area (Å²) in [6, 6.07) is 0. The summed E-state index contributed by atoms with van der Waals surface area (Å²) >= 11 is 0. The van der Waals surface area contributed by atoms with Crippen molar-refractivity contribution in [2.24, 2.45) is 0 Å². The molecular weight excluding hydrogens is 920 g/mol. The lowest BCUT2D eigenvalue weighted by atomic mass is 9.85. The zero-order chi connectivity index (χ0) is 51.9. The highest BCUT2D eigenvalue weighted by Gasteiger charge is 2.51. The Morgan fingerprint density at radius 2 is 0.746 bits per heavy atom. The molecule has 0 aromatic rings. The zero-order valence-corrected chi connectivity index (χ0v) is 46.7. The molecule has 0 aliphatic heterocycles. The van der Waals surface area contributed by atoms with Gasteiger partial charge in [-0.05, 0) is 38.5 Å². The summed E-state index contributed by atoms with van der Waals surface area (Å²) in [6.45, 7) is 4.33. The first-order chi connectivity index (χ1) is 34.5. The van der Waals surface area contributed by atoms with Crippen molar-refractivity contribution in [3.8, 4) is 0 Å². The number of hydrogen-bond acceptors (Lipinski definition) is 11. The van der Waals surface area contributed by atoms with E-state index in [9.17, 15) is 39.8 Å². The maximum absolute atomic E-state index is 12.9. The second kappa shape index (κ2) is 48.7. The lowest BCUT2D eigenvalue weighted by molar-refractivity contribution is -0.220. The fraction of sp³-hybridized carbons (Fsp3) is 0.948. The standard InChI is InChI=1S/C58H113O12P/c1-3-5-7-9-11-13-15-17-19-21-23-25-27-29-31-33-35-37-39-41-43-45-47-52(59)69-51(50-68-71(65,66)70-58-56(63)54(61)53(60)55(62)57(58)64)49-67-48-46-44-42-40-38-36-34-32-30-28-26-24-22-20-18-16-14-12-10-8-6-4-2/h22,24,51,53-58,60-64H,3-21,23,25-50H2,1-2H3,(H,65,66)/b24-22-. The molecule has 0 bridgehead atoms. The van der Waals surface area contributed by atoms with E-state index in [1.54, 1.807) is 0 Å². The van der Waals surface area contributed by atoms with E-state index in [2.05, 4.69) is 26.0 Å². The number of phosphoric acid groups is 1. The van der Waals surface area contributed by atoms with E-state index in [-0.39, 0.29) is 13.0 Å². The Labute approximate surface area is 435 Å². The Morgan fingerprint density at radius 1 is 0.437 bits per heavy atom. The molecule has 1 aliphatic carbocycles. The topological polar surface area (TPSA) is 192 Å². The number of unbranched alkanes of at least 4 members (excludes halogenated alkanes) is 39. The van der Waals surface area contributed by atoms with Gasteiger partial charge in [0.2, 0.25) is 0 Å². The van der Waals surface area contributed by atoms with Crippen LogP contribution in [0, 0.1) is 0 Å². The Balaban J connectivity index is 2.25. The van der Waals surface area contributed by atoms with Gasteiger partial charge >= 0.3 is 13.8 Å². The van der Waals surface area contributed by atoms with Crippen LogP contribution in [0.15, 0.2) is 12.2 Å². The zero-order valence-electron chi connectivity index (χ0n) is 45.8. The monoisotopic (exact) mass is 1030 g/mol. The first-order valence-electron chi connectivity index (χ1n) is 30.0. The summed E-state index contributed by atoms with van der Waals surface area (Å²) < 4.78 is 34.5. The fourth-order valence-corrected chi connectivity index (χ4v) is 10.6. The van der Waals surface area contributed by atoms with Crippen molar-refractivity contribution in [3.63, 3.8) is 0 Å². The van der Waals surface area contributed by atoms with Gasteiger partial charge in [-0.1, -0.05) is 257 Å². The quantitative estimate of drug-likeness (QED) is 0.0146. The third-order valence-corrected chi connectivity index (χ3v) is 15.4. The van der Waals surface area contributed by atoms with E-state index in [1.807, 2.05) is 0 Å². The van der Waals surface area contributed by atoms with Gasteiger partial charge in [-0.25, -0.2) is 4.57 Å². The average Bonchev–Trinajstić information content (AvgIpc) is 3.36. The van der Waals surface area contributed by atoms with Crippen LogP contribution >= 0.6 is 7.82 Å². The molecule has 1 fully saturated rings. The number of esters is 1. The van der Waals surface area contributed by atoms with Crippen molar-refractivity contribution in [1.82, 2.24) is 0 Å². The Kier molecular flexibility index (Phi) is 46.7. The van der Waals surface area contributed by atoms with Gasteiger partial charge in [0.15, 0.2) is 0 Å². The van der Waals surface area contributed by atoms with Crippen LogP contribution in [0.1, 0.15) is 290 Å². The Hall–Kier alpha value is -0.920. The van der Waals surface area contributed by atoms with E-state index in [1.165, 1.54) is 225 Å². The number of carbonyl (C=O) groups excluding carboxylic acids is 1. The molecular formula is C58H113O12P. The average molecular weight is 1030 g/mol. The summed E-state index contributed by atoms with van der Waals surface area (Å²) in [5, 5.41) is 50.5. The molecule has 1 aliphatic rings. The van der Waals surface area contributed by atoms with Crippen molar-refractivity contribution >= 4 is 13.8 Å². The molecule has 71 heavy (non-hydrogen) atoms. The van der Waals surface area contributed by atoms with E-state index >= 15 is 0 Å². The van der Waals surface area contributed by atoms with Gasteiger partial charge in [0.25, 0.3) is 0 Å². The van der Waals surface area contributed by atoms with Crippen LogP contribution in [-0.4, -0.2) is 98.9 Å². The minimum absolute atomic E-state index is 0.0710. The minimum atomic E-state index is -5.02. The minimum Gasteiger partial charge on any atom is -0.457 e. The van der Waals surface area contributed by atoms with Crippen LogP contribution in [0.4, 0.5) is 0 Å². The van der Waals surface area contributed by atoms with Crippen molar-refractivity contribution < 1.29 is 58.3 Å². The Bertz CT molecular complexity index is 1220. The molecule has 0 aromatic carbocycles. The molecule has 6 unspecified atom stereocenters. The Morgan fingerprint density at radius 3 is 1.11 bits per heavy atom. The van der Waals surface area contributed by atoms with Gasteiger partial charge in [0, 0.05) is 13.0 Å². The number of rotatable bonds is 53. The number of ether oxygens (including phenoxy) is 2. The van der Waals surface area contributed by atoms with Gasteiger partial charge in [0.05, 0.1) is 13.2 Å². The predicted molar refractivity (Wildman–Crippen MR) is 290 cm³/mol. The largest absolute Gasteiger partial charge is 0.472 e. The highest BCUT2D eigenvalue weighted by Crippen LogP contribution is 2.47. The summed E-state index contributed by atoms with van der Waals surface area (Å²) in [6.07, 6.45) is 45.7. The third-order valence-electron chi connectivity index (χ3n) is 14.4. The fourth-order valence-electron chi connectivity index (χ4n) is 9.65. The smallest absolute Gasteiger partial charge is 0.457 e. The van der Waals surface area contributed by atoms with Crippen LogP contribution in [0.5, 0.6) is 0 Å². The molecule has 1 rings (SSSR count). The van der Waals surface area contributed by atoms with Crippen molar-refractivity contribution in [1.29, 1.82) is 0 Å². The highest BCUT2D eigenvalue weighted by molar-refractivity contribution is 7.47. The molecule has 13 heteroatoms. The van der Waals surface area contributed by atoms with Crippen molar-refractivity contribution in [2.45, 2.75) is 333 Å². The molecule has 6 N–H and O–H groups in total. The van der Waals surface area contributed by atoms with E-state index < -0.39 is 63.1 Å². The molecule has 12 nitrogen and oxygen atoms in total. The number of carbonyl (C=O) groups is 1.